The highest BCUT2D eigenvalue weighted by Gasteiger charge is 2.32. The summed E-state index contributed by atoms with van der Waals surface area (Å²) in [5.41, 5.74) is 2.43. The number of aryl methyl sites for hydroxylation is 1. The molecule has 1 aromatic rings. The molecule has 2 fully saturated rings. The largest absolute Gasteiger partial charge is 0.334 e. The topological polar surface area (TPSA) is 40.6 Å². The quantitative estimate of drug-likeness (QED) is 0.859. The first-order valence-corrected chi connectivity index (χ1v) is 8.52. The molecule has 1 atom stereocenters. The van der Waals surface area contributed by atoms with Crippen LogP contribution < -0.4 is 0 Å². The van der Waals surface area contributed by atoms with Crippen molar-refractivity contribution in [3.8, 4) is 0 Å². The fourth-order valence-corrected chi connectivity index (χ4v) is 3.90. The lowest BCUT2D eigenvalue weighted by atomic mass is 10.0. The summed E-state index contributed by atoms with van der Waals surface area (Å²) in [4.78, 5) is 27.8. The van der Waals surface area contributed by atoms with Crippen LogP contribution >= 0.6 is 11.8 Å². The molecule has 3 rings (SSSR count). The molecular weight excluding hydrogens is 284 g/mol. The van der Waals surface area contributed by atoms with E-state index in [1.54, 1.807) is 16.7 Å². The molecule has 2 heterocycles. The van der Waals surface area contributed by atoms with Crippen LogP contribution in [0.5, 0.6) is 0 Å². The first kappa shape index (κ1) is 14.4. The van der Waals surface area contributed by atoms with E-state index < -0.39 is 0 Å². The molecule has 0 N–H and O–H groups in total. The summed E-state index contributed by atoms with van der Waals surface area (Å²) < 4.78 is 0. The van der Waals surface area contributed by atoms with E-state index >= 15 is 0 Å². The third kappa shape index (κ3) is 3.07. The van der Waals surface area contributed by atoms with Gasteiger partial charge in [0.25, 0.3) is 0 Å². The first-order valence-electron chi connectivity index (χ1n) is 7.37. The van der Waals surface area contributed by atoms with Crippen molar-refractivity contribution in [3.63, 3.8) is 0 Å². The molecule has 0 spiro atoms. The average Bonchev–Trinajstić information content (AvgIpc) is 3.09. The zero-order valence-corrected chi connectivity index (χ0v) is 13.1. The van der Waals surface area contributed by atoms with Crippen LogP contribution in [-0.2, 0) is 9.59 Å². The molecular formula is C16H20N2O2S. The van der Waals surface area contributed by atoms with Crippen LogP contribution in [0, 0.1) is 6.92 Å². The molecule has 2 saturated heterocycles. The normalized spacial score (nSPS) is 22.1. The second-order valence-corrected chi connectivity index (χ2v) is 6.68. The third-order valence-electron chi connectivity index (χ3n) is 4.19. The number of likely N-dealkylation sites (tertiary alicyclic amines) is 1. The Morgan fingerprint density at radius 3 is 2.76 bits per heavy atom. The van der Waals surface area contributed by atoms with Crippen LogP contribution in [0.3, 0.4) is 0 Å². The van der Waals surface area contributed by atoms with E-state index in [0.29, 0.717) is 11.6 Å². The molecule has 1 aromatic carbocycles. The van der Waals surface area contributed by atoms with Gasteiger partial charge in [0.15, 0.2) is 0 Å². The zero-order valence-electron chi connectivity index (χ0n) is 12.2. The van der Waals surface area contributed by atoms with Gasteiger partial charge >= 0.3 is 0 Å². The molecule has 0 bridgehead atoms. The summed E-state index contributed by atoms with van der Waals surface area (Å²) in [6, 6.07) is 8.59. The summed E-state index contributed by atoms with van der Waals surface area (Å²) in [5.74, 6) is 1.32. The molecule has 0 unspecified atom stereocenters. The first-order chi connectivity index (χ1) is 10.1. The predicted octanol–water partition coefficient (Wildman–Crippen LogP) is 2.19. The average molecular weight is 304 g/mol. The molecule has 0 saturated carbocycles. The summed E-state index contributed by atoms with van der Waals surface area (Å²) in [7, 11) is 0. The van der Waals surface area contributed by atoms with Crippen molar-refractivity contribution in [1.82, 2.24) is 9.80 Å². The Balaban J connectivity index is 1.69. The smallest absolute Gasteiger partial charge is 0.242 e. The van der Waals surface area contributed by atoms with Crippen LogP contribution in [0.15, 0.2) is 24.3 Å². The zero-order chi connectivity index (χ0) is 14.8. The van der Waals surface area contributed by atoms with Crippen LogP contribution in [0.1, 0.15) is 30.0 Å². The Morgan fingerprint density at radius 1 is 1.33 bits per heavy atom. The summed E-state index contributed by atoms with van der Waals surface area (Å²) >= 11 is 1.58. The lowest BCUT2D eigenvalue weighted by Gasteiger charge is -2.27. The fraction of sp³-hybridized carbons (Fsp3) is 0.500. The number of rotatable bonds is 3. The van der Waals surface area contributed by atoms with Gasteiger partial charge in [0, 0.05) is 6.54 Å². The number of nitrogens with zero attached hydrogens (tertiary/aromatic N) is 2. The summed E-state index contributed by atoms with van der Waals surface area (Å²) in [6.07, 6.45) is 2.05. The predicted molar refractivity (Wildman–Crippen MR) is 83.9 cm³/mol. The van der Waals surface area contributed by atoms with Crippen LogP contribution in [0.2, 0.25) is 0 Å². The Labute approximate surface area is 129 Å². The van der Waals surface area contributed by atoms with E-state index in [-0.39, 0.29) is 24.4 Å². The van der Waals surface area contributed by atoms with E-state index in [1.165, 1.54) is 11.1 Å². The van der Waals surface area contributed by atoms with E-state index in [2.05, 4.69) is 31.2 Å². The number of hydrogen-bond acceptors (Lipinski definition) is 3. The van der Waals surface area contributed by atoms with Gasteiger partial charge in [-0.2, -0.15) is 0 Å². The highest BCUT2D eigenvalue weighted by atomic mass is 32.2. The minimum atomic E-state index is 0.0777. The monoisotopic (exact) mass is 304 g/mol. The maximum atomic E-state index is 12.5. The Bertz CT molecular complexity index is 544. The van der Waals surface area contributed by atoms with Crippen LogP contribution in [0.4, 0.5) is 0 Å². The molecule has 2 amide bonds. The van der Waals surface area contributed by atoms with Gasteiger partial charge in [-0.15, -0.1) is 11.8 Å². The second kappa shape index (κ2) is 6.10. The van der Waals surface area contributed by atoms with Crippen molar-refractivity contribution in [2.24, 2.45) is 0 Å². The maximum absolute atomic E-state index is 12.5. The van der Waals surface area contributed by atoms with E-state index in [0.717, 1.165) is 19.4 Å². The Morgan fingerprint density at radius 2 is 2.10 bits per heavy atom. The molecule has 112 valence electrons. The molecule has 21 heavy (non-hydrogen) atoms. The molecule has 4 nitrogen and oxygen atoms in total. The minimum Gasteiger partial charge on any atom is -0.334 e. The van der Waals surface area contributed by atoms with Gasteiger partial charge in [0.05, 0.1) is 17.7 Å². The summed E-state index contributed by atoms with van der Waals surface area (Å²) in [6.45, 7) is 3.10. The van der Waals surface area contributed by atoms with Crippen molar-refractivity contribution >= 4 is 23.6 Å². The van der Waals surface area contributed by atoms with E-state index in [9.17, 15) is 9.59 Å². The highest BCUT2D eigenvalue weighted by Crippen LogP contribution is 2.32. The number of carbonyl (C=O) groups excluding carboxylic acids is 2. The van der Waals surface area contributed by atoms with Gasteiger partial charge < -0.3 is 9.80 Å². The van der Waals surface area contributed by atoms with Crippen LogP contribution in [0.25, 0.3) is 0 Å². The molecule has 2 aliphatic heterocycles. The number of thioether (sulfide) groups is 1. The van der Waals surface area contributed by atoms with Crippen molar-refractivity contribution in [2.45, 2.75) is 25.8 Å². The Kier molecular flexibility index (Phi) is 4.19. The number of carbonyl (C=O) groups is 2. The highest BCUT2D eigenvalue weighted by molar-refractivity contribution is 8.00. The van der Waals surface area contributed by atoms with Gasteiger partial charge in [-0.05, 0) is 25.3 Å². The van der Waals surface area contributed by atoms with Gasteiger partial charge in [-0.25, -0.2) is 0 Å². The third-order valence-corrected chi connectivity index (χ3v) is 5.13. The van der Waals surface area contributed by atoms with Gasteiger partial charge in [0.1, 0.15) is 6.54 Å². The molecule has 5 heteroatoms. The summed E-state index contributed by atoms with van der Waals surface area (Å²) in [5, 5.41) is 0. The van der Waals surface area contributed by atoms with Gasteiger partial charge in [-0.1, -0.05) is 29.8 Å². The van der Waals surface area contributed by atoms with E-state index in [4.69, 9.17) is 0 Å². The number of amides is 2. The molecule has 0 radical (unpaired) electrons. The number of hydrogen-bond donors (Lipinski definition) is 0. The van der Waals surface area contributed by atoms with Crippen molar-refractivity contribution in [3.05, 3.63) is 35.4 Å². The molecule has 0 aromatic heterocycles. The maximum Gasteiger partial charge on any atom is 0.242 e. The number of benzene rings is 1. The SMILES string of the molecule is Cc1ccc([C@@H]2CCCN2C(=O)CN2CSCC2=O)cc1. The lowest BCUT2D eigenvalue weighted by molar-refractivity contribution is -0.138. The van der Waals surface area contributed by atoms with Crippen molar-refractivity contribution in [2.75, 3.05) is 24.7 Å². The molecule has 0 aliphatic carbocycles. The minimum absolute atomic E-state index is 0.0777. The standard InChI is InChI=1S/C16H20N2O2S/c1-12-4-6-13(7-5-12)14-3-2-8-18(14)15(19)9-17-11-21-10-16(17)20/h4-7,14H,2-3,8-11H2,1H3/t14-/m0/s1. The van der Waals surface area contributed by atoms with E-state index in [1.807, 2.05) is 4.90 Å². The van der Waals surface area contributed by atoms with Gasteiger partial charge in [-0.3, -0.25) is 9.59 Å². The van der Waals surface area contributed by atoms with Crippen molar-refractivity contribution < 1.29 is 9.59 Å². The lowest BCUT2D eigenvalue weighted by Crippen LogP contribution is -2.40. The second-order valence-electron chi connectivity index (χ2n) is 5.73. The van der Waals surface area contributed by atoms with Gasteiger partial charge in [0.2, 0.25) is 11.8 Å². The van der Waals surface area contributed by atoms with Crippen molar-refractivity contribution in [1.29, 1.82) is 0 Å². The van der Waals surface area contributed by atoms with Crippen LogP contribution in [-0.4, -0.2) is 46.3 Å². The Hall–Kier alpha value is -1.49. The molecule has 2 aliphatic rings. The fourth-order valence-electron chi connectivity index (χ4n) is 2.99.